The molecular formula is C21H31N3O4. The summed E-state index contributed by atoms with van der Waals surface area (Å²) in [5, 5.41) is 5.84. The first-order valence-electron chi connectivity index (χ1n) is 9.76. The van der Waals surface area contributed by atoms with Gasteiger partial charge in [0.1, 0.15) is 5.41 Å². The summed E-state index contributed by atoms with van der Waals surface area (Å²) in [6.45, 7) is 10.3. The fraction of sp³-hybridized carbons (Fsp3) is 0.571. The standard InChI is InChI=1S/C21H31N3O4/c1-6-28-20(27)24-11-9-16(10-12-24)22-18(25)21(4,5)19(26)23-17-13-14(2)7-8-15(17)3/h7-8,13,16H,6,9-12H2,1-5H3,(H,22,25)(H,23,26). The van der Waals surface area contributed by atoms with Gasteiger partial charge in [-0.1, -0.05) is 12.1 Å². The molecule has 1 saturated heterocycles. The quantitative estimate of drug-likeness (QED) is 0.758. The Labute approximate surface area is 166 Å². The van der Waals surface area contributed by atoms with Crippen LogP contribution < -0.4 is 10.6 Å². The lowest BCUT2D eigenvalue weighted by Crippen LogP contribution is -2.52. The van der Waals surface area contributed by atoms with Crippen LogP contribution in [0.25, 0.3) is 0 Å². The number of rotatable bonds is 5. The van der Waals surface area contributed by atoms with E-state index in [4.69, 9.17) is 4.74 Å². The Kier molecular flexibility index (Phi) is 7.05. The summed E-state index contributed by atoms with van der Waals surface area (Å²) in [7, 11) is 0. The van der Waals surface area contributed by atoms with E-state index in [0.717, 1.165) is 11.1 Å². The lowest BCUT2D eigenvalue weighted by atomic mass is 9.89. The zero-order chi connectivity index (χ0) is 20.9. The highest BCUT2D eigenvalue weighted by Crippen LogP contribution is 2.23. The predicted molar refractivity (Wildman–Crippen MR) is 108 cm³/mol. The highest BCUT2D eigenvalue weighted by atomic mass is 16.6. The van der Waals surface area contributed by atoms with E-state index < -0.39 is 5.41 Å². The topological polar surface area (TPSA) is 87.7 Å². The van der Waals surface area contributed by atoms with Gasteiger partial charge in [0.05, 0.1) is 6.61 Å². The Morgan fingerprint density at radius 3 is 2.39 bits per heavy atom. The number of ether oxygens (including phenoxy) is 1. The molecule has 7 nitrogen and oxygen atoms in total. The molecule has 1 aromatic carbocycles. The van der Waals surface area contributed by atoms with E-state index in [-0.39, 0.29) is 23.9 Å². The largest absolute Gasteiger partial charge is 0.450 e. The third-order valence-corrected chi connectivity index (χ3v) is 5.13. The van der Waals surface area contributed by atoms with Crippen molar-refractivity contribution in [2.24, 2.45) is 5.41 Å². The third kappa shape index (κ3) is 5.24. The first kappa shape index (κ1) is 21.7. The van der Waals surface area contributed by atoms with Crippen molar-refractivity contribution in [3.63, 3.8) is 0 Å². The monoisotopic (exact) mass is 389 g/mol. The highest BCUT2D eigenvalue weighted by molar-refractivity contribution is 6.10. The molecular weight excluding hydrogens is 358 g/mol. The van der Waals surface area contributed by atoms with E-state index in [9.17, 15) is 14.4 Å². The molecule has 1 aliphatic heterocycles. The summed E-state index contributed by atoms with van der Waals surface area (Å²) in [6, 6.07) is 5.75. The summed E-state index contributed by atoms with van der Waals surface area (Å²) in [5.41, 5.74) is 1.49. The zero-order valence-electron chi connectivity index (χ0n) is 17.4. The molecule has 7 heteroatoms. The minimum Gasteiger partial charge on any atom is -0.450 e. The average Bonchev–Trinajstić information content (AvgIpc) is 2.65. The van der Waals surface area contributed by atoms with Gasteiger partial charge in [0.2, 0.25) is 11.8 Å². The molecule has 0 spiro atoms. The van der Waals surface area contributed by atoms with E-state index >= 15 is 0 Å². The molecule has 0 unspecified atom stereocenters. The van der Waals surface area contributed by atoms with Crippen LogP contribution in [0.15, 0.2) is 18.2 Å². The van der Waals surface area contributed by atoms with E-state index in [1.165, 1.54) is 0 Å². The highest BCUT2D eigenvalue weighted by Gasteiger charge is 2.38. The van der Waals surface area contributed by atoms with Gasteiger partial charge in [-0.15, -0.1) is 0 Å². The number of hydrogen-bond donors (Lipinski definition) is 2. The zero-order valence-corrected chi connectivity index (χ0v) is 17.4. The number of aryl methyl sites for hydroxylation is 2. The first-order valence-corrected chi connectivity index (χ1v) is 9.76. The van der Waals surface area contributed by atoms with Crippen molar-refractivity contribution in [3.8, 4) is 0 Å². The summed E-state index contributed by atoms with van der Waals surface area (Å²) < 4.78 is 5.00. The molecule has 3 amide bonds. The number of hydrogen-bond acceptors (Lipinski definition) is 4. The number of likely N-dealkylation sites (tertiary alicyclic amines) is 1. The molecule has 2 N–H and O–H groups in total. The van der Waals surface area contributed by atoms with Crippen LogP contribution in [-0.2, 0) is 14.3 Å². The van der Waals surface area contributed by atoms with Gasteiger partial charge in [0.25, 0.3) is 0 Å². The Morgan fingerprint density at radius 2 is 1.79 bits per heavy atom. The Balaban J connectivity index is 1.93. The number of benzene rings is 1. The molecule has 1 fully saturated rings. The smallest absolute Gasteiger partial charge is 0.409 e. The molecule has 0 bridgehead atoms. The van der Waals surface area contributed by atoms with Crippen LogP contribution in [0.2, 0.25) is 0 Å². The molecule has 1 heterocycles. The maximum atomic E-state index is 12.8. The molecule has 0 saturated carbocycles. The lowest BCUT2D eigenvalue weighted by molar-refractivity contribution is -0.139. The lowest BCUT2D eigenvalue weighted by Gasteiger charge is -2.33. The number of carbonyl (C=O) groups is 3. The molecule has 1 aliphatic rings. The van der Waals surface area contributed by atoms with Gasteiger partial charge >= 0.3 is 6.09 Å². The molecule has 2 rings (SSSR count). The second-order valence-corrected chi connectivity index (χ2v) is 7.83. The number of anilines is 1. The van der Waals surface area contributed by atoms with Crippen LogP contribution in [0.5, 0.6) is 0 Å². The normalized spacial score (nSPS) is 15.1. The first-order chi connectivity index (χ1) is 13.1. The average molecular weight is 389 g/mol. The van der Waals surface area contributed by atoms with Gasteiger partial charge in [0, 0.05) is 24.8 Å². The molecule has 0 radical (unpaired) electrons. The van der Waals surface area contributed by atoms with Crippen LogP contribution >= 0.6 is 0 Å². The van der Waals surface area contributed by atoms with Crippen LogP contribution in [0.3, 0.4) is 0 Å². The number of amides is 3. The van der Waals surface area contributed by atoms with E-state index in [0.29, 0.717) is 38.2 Å². The molecule has 1 aromatic rings. The van der Waals surface area contributed by atoms with Crippen molar-refractivity contribution < 1.29 is 19.1 Å². The molecule has 154 valence electrons. The van der Waals surface area contributed by atoms with Crippen molar-refractivity contribution in [2.45, 2.75) is 53.5 Å². The van der Waals surface area contributed by atoms with Crippen molar-refractivity contribution in [1.29, 1.82) is 0 Å². The maximum absolute atomic E-state index is 12.8. The van der Waals surface area contributed by atoms with Gasteiger partial charge in [-0.2, -0.15) is 0 Å². The summed E-state index contributed by atoms with van der Waals surface area (Å²) in [6.07, 6.45) is 0.957. The van der Waals surface area contributed by atoms with Gasteiger partial charge in [-0.25, -0.2) is 4.79 Å². The summed E-state index contributed by atoms with van der Waals surface area (Å²) >= 11 is 0. The summed E-state index contributed by atoms with van der Waals surface area (Å²) in [5.74, 6) is -0.660. The third-order valence-electron chi connectivity index (χ3n) is 5.13. The Hall–Kier alpha value is -2.57. The second-order valence-electron chi connectivity index (χ2n) is 7.83. The molecule has 0 atom stereocenters. The van der Waals surface area contributed by atoms with Crippen molar-refractivity contribution >= 4 is 23.6 Å². The van der Waals surface area contributed by atoms with Crippen molar-refractivity contribution in [1.82, 2.24) is 10.2 Å². The summed E-state index contributed by atoms with van der Waals surface area (Å²) in [4.78, 5) is 38.9. The Morgan fingerprint density at radius 1 is 1.14 bits per heavy atom. The van der Waals surface area contributed by atoms with Gasteiger partial charge in [-0.3, -0.25) is 9.59 Å². The van der Waals surface area contributed by atoms with Crippen molar-refractivity contribution in [3.05, 3.63) is 29.3 Å². The number of nitrogens with one attached hydrogen (secondary N) is 2. The fourth-order valence-electron chi connectivity index (χ4n) is 3.04. The van der Waals surface area contributed by atoms with Crippen LogP contribution in [0.4, 0.5) is 10.5 Å². The van der Waals surface area contributed by atoms with Crippen LogP contribution in [0, 0.1) is 19.3 Å². The molecule has 28 heavy (non-hydrogen) atoms. The van der Waals surface area contributed by atoms with Crippen molar-refractivity contribution in [2.75, 3.05) is 25.0 Å². The van der Waals surface area contributed by atoms with Crippen LogP contribution in [0.1, 0.15) is 44.7 Å². The fourth-order valence-corrected chi connectivity index (χ4v) is 3.04. The van der Waals surface area contributed by atoms with E-state index in [1.54, 1.807) is 25.7 Å². The number of carbonyl (C=O) groups excluding carboxylic acids is 3. The SMILES string of the molecule is CCOC(=O)N1CCC(NC(=O)C(C)(C)C(=O)Nc2cc(C)ccc2C)CC1. The predicted octanol–water partition coefficient (Wildman–Crippen LogP) is 3.01. The number of nitrogens with zero attached hydrogens (tertiary/aromatic N) is 1. The van der Waals surface area contributed by atoms with Gasteiger partial charge in [-0.05, 0) is 64.7 Å². The Bertz CT molecular complexity index is 737. The minimum atomic E-state index is -1.21. The number of piperidine rings is 1. The maximum Gasteiger partial charge on any atom is 0.409 e. The second kappa shape index (κ2) is 9.08. The van der Waals surface area contributed by atoms with Crippen LogP contribution in [-0.4, -0.2) is 48.5 Å². The van der Waals surface area contributed by atoms with E-state index in [2.05, 4.69) is 10.6 Å². The molecule has 0 aromatic heterocycles. The van der Waals surface area contributed by atoms with E-state index in [1.807, 2.05) is 32.0 Å². The van der Waals surface area contributed by atoms with Gasteiger partial charge < -0.3 is 20.3 Å². The minimum absolute atomic E-state index is 0.0639. The van der Waals surface area contributed by atoms with Gasteiger partial charge in [0.15, 0.2) is 0 Å². The molecule has 0 aliphatic carbocycles.